The maximum atomic E-state index is 12.3. The maximum absolute atomic E-state index is 12.3. The van der Waals surface area contributed by atoms with Crippen molar-refractivity contribution in [2.45, 2.75) is 25.2 Å². The Kier molecular flexibility index (Phi) is 3.97. The van der Waals surface area contributed by atoms with E-state index in [0.717, 1.165) is 21.9 Å². The summed E-state index contributed by atoms with van der Waals surface area (Å²) in [5.74, 6) is 0.202. The summed E-state index contributed by atoms with van der Waals surface area (Å²) in [6.07, 6.45) is 2.62. The molecule has 1 fully saturated rings. The van der Waals surface area contributed by atoms with Gasteiger partial charge in [0, 0.05) is 41.3 Å². The molecule has 0 saturated heterocycles. The lowest BCUT2D eigenvalue weighted by Gasteiger charge is -2.19. The number of hydrogen-bond acceptors (Lipinski definition) is 6. The molecule has 128 valence electrons. The molecule has 0 radical (unpaired) electrons. The molecule has 1 saturated carbocycles. The maximum Gasteiger partial charge on any atom is 0.213 e. The van der Waals surface area contributed by atoms with Gasteiger partial charge in [0.1, 0.15) is 23.8 Å². The number of benzene rings is 1. The van der Waals surface area contributed by atoms with Crippen molar-refractivity contribution in [1.29, 1.82) is 0 Å². The van der Waals surface area contributed by atoms with Crippen LogP contribution in [-0.4, -0.2) is 29.7 Å². The highest BCUT2D eigenvalue weighted by atomic mass is 16.5. The Bertz CT molecular complexity index is 976. The molecule has 1 atom stereocenters. The molecule has 6 nitrogen and oxygen atoms in total. The number of nitrogens with two attached hydrogens (primary N) is 1. The van der Waals surface area contributed by atoms with Crippen LogP contribution in [0.5, 0.6) is 5.88 Å². The minimum absolute atomic E-state index is 0.0113. The molecule has 25 heavy (non-hydrogen) atoms. The quantitative estimate of drug-likeness (QED) is 0.735. The number of fused-ring (bicyclic) bond motifs is 3. The van der Waals surface area contributed by atoms with E-state index in [2.05, 4.69) is 4.98 Å². The second kappa shape index (κ2) is 6.29. The molecule has 2 heterocycles. The average Bonchev–Trinajstić information content (AvgIpc) is 3.04. The molecule has 2 aromatic heterocycles. The topological polar surface area (TPSA) is 95.4 Å². The molecular formula is C19H18N2O4. The lowest BCUT2D eigenvalue weighted by Crippen LogP contribution is -2.23. The molecular weight excluding hydrogens is 320 g/mol. The van der Waals surface area contributed by atoms with Gasteiger partial charge in [0.25, 0.3) is 0 Å². The molecule has 0 spiro atoms. The van der Waals surface area contributed by atoms with Crippen molar-refractivity contribution in [2.75, 3.05) is 13.2 Å². The van der Waals surface area contributed by atoms with Crippen molar-refractivity contribution in [3.8, 4) is 5.88 Å². The Labute approximate surface area is 143 Å². The van der Waals surface area contributed by atoms with Crippen LogP contribution in [0.3, 0.4) is 0 Å². The number of pyridine rings is 1. The van der Waals surface area contributed by atoms with E-state index in [1.165, 1.54) is 0 Å². The van der Waals surface area contributed by atoms with Crippen molar-refractivity contribution in [2.24, 2.45) is 5.73 Å². The number of aromatic nitrogens is 1. The van der Waals surface area contributed by atoms with Gasteiger partial charge in [0.2, 0.25) is 5.88 Å². The Morgan fingerprint density at radius 3 is 2.92 bits per heavy atom. The van der Waals surface area contributed by atoms with E-state index in [1.807, 2.05) is 18.2 Å². The van der Waals surface area contributed by atoms with Gasteiger partial charge in [0.15, 0.2) is 0 Å². The first-order valence-corrected chi connectivity index (χ1v) is 8.35. The SMILES string of the molecule is NCCOc1ccc2c(ccc3occ(C4CCC(=O)CC4=O)c32)n1. The first kappa shape index (κ1) is 15.8. The molecule has 1 aromatic carbocycles. The highest BCUT2D eigenvalue weighted by molar-refractivity contribution is 6.10. The van der Waals surface area contributed by atoms with Crippen molar-refractivity contribution in [1.82, 2.24) is 4.98 Å². The van der Waals surface area contributed by atoms with Crippen LogP contribution in [0.1, 0.15) is 30.7 Å². The third kappa shape index (κ3) is 2.78. The summed E-state index contributed by atoms with van der Waals surface area (Å²) < 4.78 is 11.1. The average molecular weight is 338 g/mol. The first-order chi connectivity index (χ1) is 12.2. The number of Topliss-reactive ketones (excluding diaryl/α,β-unsaturated/α-hetero) is 2. The summed E-state index contributed by atoms with van der Waals surface area (Å²) in [5.41, 5.74) is 7.78. The summed E-state index contributed by atoms with van der Waals surface area (Å²) in [6.45, 7) is 0.829. The van der Waals surface area contributed by atoms with Crippen LogP contribution in [0.25, 0.3) is 21.9 Å². The third-order valence-corrected chi connectivity index (χ3v) is 4.62. The Hall–Kier alpha value is -2.73. The van der Waals surface area contributed by atoms with Gasteiger partial charge in [-0.3, -0.25) is 9.59 Å². The summed E-state index contributed by atoms with van der Waals surface area (Å²) >= 11 is 0. The van der Waals surface area contributed by atoms with Gasteiger partial charge in [-0.2, -0.15) is 0 Å². The van der Waals surface area contributed by atoms with Crippen molar-refractivity contribution >= 4 is 33.4 Å². The molecule has 0 bridgehead atoms. The number of hydrogen-bond donors (Lipinski definition) is 1. The second-order valence-electron chi connectivity index (χ2n) is 6.26. The Morgan fingerprint density at radius 2 is 2.12 bits per heavy atom. The first-order valence-electron chi connectivity index (χ1n) is 8.35. The van der Waals surface area contributed by atoms with Gasteiger partial charge in [-0.25, -0.2) is 4.98 Å². The predicted octanol–water partition coefficient (Wildman–Crippen LogP) is 2.72. The standard InChI is InChI=1S/C19H18N2O4/c20-7-8-24-18-6-3-13-15(21-18)4-5-17-19(13)14(10-25-17)12-2-1-11(22)9-16(12)23/h3-6,10,12H,1-2,7-9,20H2. The van der Waals surface area contributed by atoms with Crippen LogP contribution in [0, 0.1) is 0 Å². The van der Waals surface area contributed by atoms with E-state index >= 15 is 0 Å². The summed E-state index contributed by atoms with van der Waals surface area (Å²) in [5, 5.41) is 1.80. The van der Waals surface area contributed by atoms with Crippen LogP contribution >= 0.6 is 0 Å². The minimum atomic E-state index is -0.294. The van der Waals surface area contributed by atoms with E-state index in [4.69, 9.17) is 14.9 Å². The van der Waals surface area contributed by atoms with Crippen molar-refractivity contribution in [3.05, 3.63) is 36.1 Å². The van der Waals surface area contributed by atoms with E-state index < -0.39 is 0 Å². The van der Waals surface area contributed by atoms with E-state index in [0.29, 0.717) is 37.5 Å². The lowest BCUT2D eigenvalue weighted by molar-refractivity contribution is -0.130. The normalized spacial score (nSPS) is 18.2. The van der Waals surface area contributed by atoms with E-state index in [1.54, 1.807) is 12.3 Å². The molecule has 1 aliphatic carbocycles. The molecule has 0 aliphatic heterocycles. The molecule has 2 N–H and O–H groups in total. The number of carbonyl (C=O) groups excluding carboxylic acids is 2. The second-order valence-corrected chi connectivity index (χ2v) is 6.26. The fourth-order valence-electron chi connectivity index (χ4n) is 3.45. The molecule has 3 aromatic rings. The van der Waals surface area contributed by atoms with Crippen LogP contribution in [0.4, 0.5) is 0 Å². The van der Waals surface area contributed by atoms with Crippen molar-refractivity contribution in [3.63, 3.8) is 0 Å². The highest BCUT2D eigenvalue weighted by Gasteiger charge is 2.31. The number of carbonyl (C=O) groups is 2. The Balaban J connectivity index is 1.82. The molecule has 1 aliphatic rings. The summed E-state index contributed by atoms with van der Waals surface area (Å²) in [7, 11) is 0. The fraction of sp³-hybridized carbons (Fsp3) is 0.316. The van der Waals surface area contributed by atoms with Gasteiger partial charge in [0.05, 0.1) is 18.2 Å². The summed E-state index contributed by atoms with van der Waals surface area (Å²) in [4.78, 5) is 28.4. The zero-order valence-electron chi connectivity index (χ0n) is 13.7. The monoisotopic (exact) mass is 338 g/mol. The van der Waals surface area contributed by atoms with E-state index in [9.17, 15) is 9.59 Å². The third-order valence-electron chi connectivity index (χ3n) is 4.62. The number of rotatable bonds is 4. The van der Waals surface area contributed by atoms with Crippen LogP contribution in [0.15, 0.2) is 34.9 Å². The summed E-state index contributed by atoms with van der Waals surface area (Å²) in [6, 6.07) is 7.43. The van der Waals surface area contributed by atoms with Gasteiger partial charge in [-0.1, -0.05) is 0 Å². The number of nitrogens with zero attached hydrogens (tertiary/aromatic N) is 1. The number of ketones is 2. The number of ether oxygens (including phenoxy) is 1. The minimum Gasteiger partial charge on any atom is -0.476 e. The van der Waals surface area contributed by atoms with Gasteiger partial charge >= 0.3 is 0 Å². The van der Waals surface area contributed by atoms with Gasteiger partial charge in [-0.05, 0) is 24.6 Å². The predicted molar refractivity (Wildman–Crippen MR) is 92.7 cm³/mol. The van der Waals surface area contributed by atoms with Crippen LogP contribution in [-0.2, 0) is 9.59 Å². The van der Waals surface area contributed by atoms with Crippen LogP contribution < -0.4 is 10.5 Å². The molecule has 6 heteroatoms. The van der Waals surface area contributed by atoms with Gasteiger partial charge < -0.3 is 14.9 Å². The molecule has 4 rings (SSSR count). The lowest BCUT2D eigenvalue weighted by atomic mass is 9.82. The fourth-order valence-corrected chi connectivity index (χ4v) is 3.45. The smallest absolute Gasteiger partial charge is 0.213 e. The molecule has 1 unspecified atom stereocenters. The zero-order valence-corrected chi connectivity index (χ0v) is 13.7. The zero-order chi connectivity index (χ0) is 17.4. The van der Waals surface area contributed by atoms with E-state index in [-0.39, 0.29) is 23.9 Å². The molecule has 0 amide bonds. The largest absolute Gasteiger partial charge is 0.476 e. The Morgan fingerprint density at radius 1 is 1.24 bits per heavy atom. The van der Waals surface area contributed by atoms with Crippen molar-refractivity contribution < 1.29 is 18.7 Å². The highest BCUT2D eigenvalue weighted by Crippen LogP contribution is 2.38. The van der Waals surface area contributed by atoms with Gasteiger partial charge in [-0.15, -0.1) is 0 Å². The van der Waals surface area contributed by atoms with Crippen LogP contribution in [0.2, 0.25) is 0 Å². The number of furan rings is 1.